The molecule has 0 spiro atoms. The van der Waals surface area contributed by atoms with Gasteiger partial charge in [-0.05, 0) is 94.4 Å². The maximum Gasteiger partial charge on any atom is 0.255 e. The Labute approximate surface area is 179 Å². The second-order valence-corrected chi connectivity index (χ2v) is 8.39. The van der Waals surface area contributed by atoms with Gasteiger partial charge in [-0.1, -0.05) is 6.08 Å². The van der Waals surface area contributed by atoms with Crippen LogP contribution in [0.5, 0.6) is 5.75 Å². The molecule has 1 heterocycles. The summed E-state index contributed by atoms with van der Waals surface area (Å²) in [6.45, 7) is 2.11. The zero-order valence-corrected chi connectivity index (χ0v) is 17.9. The quantitative estimate of drug-likeness (QED) is 0.715. The van der Waals surface area contributed by atoms with Crippen LogP contribution in [-0.4, -0.2) is 50.1 Å². The van der Waals surface area contributed by atoms with E-state index in [-0.39, 0.29) is 12.0 Å². The van der Waals surface area contributed by atoms with Crippen LogP contribution in [0.3, 0.4) is 0 Å². The molecule has 1 amide bonds. The molecule has 2 aromatic carbocycles. The third-order valence-electron chi connectivity index (χ3n) is 6.00. The van der Waals surface area contributed by atoms with Gasteiger partial charge in [0.05, 0.1) is 0 Å². The zero-order chi connectivity index (χ0) is 20.9. The summed E-state index contributed by atoms with van der Waals surface area (Å²) in [4.78, 5) is 17.3. The molecule has 158 valence electrons. The molecule has 4 rings (SSSR count). The Kier molecular flexibility index (Phi) is 6.38. The number of hydrogen-bond acceptors (Lipinski definition) is 4. The van der Waals surface area contributed by atoms with Gasteiger partial charge in [-0.15, -0.1) is 0 Å². The standard InChI is InChI=1S/C25H31N3O2/c1-27(2)22-16-17-28(18-22)21-12-10-20(11-13-21)26-25(29)19-8-14-24(15-9-19)30-23-6-4-3-5-7-23/h4,6,8-15,22-23H,3,5,7,16-18H2,1-2H3,(H,26,29). The highest BCUT2D eigenvalue weighted by Crippen LogP contribution is 2.24. The van der Waals surface area contributed by atoms with Gasteiger partial charge in [0.25, 0.3) is 5.91 Å². The van der Waals surface area contributed by atoms with E-state index in [4.69, 9.17) is 4.74 Å². The first kappa shape index (κ1) is 20.5. The first-order valence-electron chi connectivity index (χ1n) is 10.8. The lowest BCUT2D eigenvalue weighted by Gasteiger charge is -2.22. The molecule has 1 aliphatic heterocycles. The van der Waals surface area contributed by atoms with Crippen LogP contribution < -0.4 is 15.0 Å². The number of amides is 1. The summed E-state index contributed by atoms with van der Waals surface area (Å²) in [6, 6.07) is 16.1. The van der Waals surface area contributed by atoms with Gasteiger partial charge in [-0.25, -0.2) is 0 Å². The van der Waals surface area contributed by atoms with Crippen LogP contribution in [0, 0.1) is 0 Å². The second-order valence-electron chi connectivity index (χ2n) is 8.39. The highest BCUT2D eigenvalue weighted by atomic mass is 16.5. The molecule has 0 aromatic heterocycles. The molecule has 1 aliphatic carbocycles. The highest BCUT2D eigenvalue weighted by molar-refractivity contribution is 6.04. The fourth-order valence-corrected chi connectivity index (χ4v) is 4.10. The van der Waals surface area contributed by atoms with Crippen molar-refractivity contribution in [3.63, 3.8) is 0 Å². The van der Waals surface area contributed by atoms with E-state index < -0.39 is 0 Å². The fraction of sp³-hybridized carbons (Fsp3) is 0.400. The second kappa shape index (κ2) is 9.35. The smallest absolute Gasteiger partial charge is 0.255 e. The zero-order valence-electron chi connectivity index (χ0n) is 17.9. The minimum atomic E-state index is -0.110. The molecule has 5 nitrogen and oxygen atoms in total. The van der Waals surface area contributed by atoms with E-state index in [0.29, 0.717) is 11.6 Å². The molecule has 2 atom stereocenters. The number of nitrogens with one attached hydrogen (secondary N) is 1. The number of allylic oxidation sites excluding steroid dienone is 1. The van der Waals surface area contributed by atoms with E-state index in [1.54, 1.807) is 0 Å². The SMILES string of the molecule is CN(C)C1CCN(c2ccc(NC(=O)c3ccc(OC4C=CCCC4)cc3)cc2)C1. The first-order chi connectivity index (χ1) is 14.6. The van der Waals surface area contributed by atoms with Crippen LogP contribution in [0.25, 0.3) is 0 Å². The highest BCUT2D eigenvalue weighted by Gasteiger charge is 2.24. The van der Waals surface area contributed by atoms with Crippen molar-refractivity contribution in [1.29, 1.82) is 0 Å². The summed E-state index contributed by atoms with van der Waals surface area (Å²) < 4.78 is 5.97. The molecule has 0 bridgehead atoms. The van der Waals surface area contributed by atoms with Crippen molar-refractivity contribution in [3.8, 4) is 5.75 Å². The Morgan fingerprint density at radius 3 is 2.47 bits per heavy atom. The Morgan fingerprint density at radius 2 is 1.83 bits per heavy atom. The lowest BCUT2D eigenvalue weighted by Crippen LogP contribution is -2.31. The minimum Gasteiger partial charge on any atom is -0.486 e. The lowest BCUT2D eigenvalue weighted by atomic mass is 10.1. The van der Waals surface area contributed by atoms with Crippen molar-refractivity contribution < 1.29 is 9.53 Å². The summed E-state index contributed by atoms with van der Waals surface area (Å²) in [5, 5.41) is 2.99. The predicted molar refractivity (Wildman–Crippen MR) is 123 cm³/mol. The number of hydrogen-bond donors (Lipinski definition) is 1. The lowest BCUT2D eigenvalue weighted by molar-refractivity contribution is 0.102. The first-order valence-corrected chi connectivity index (χ1v) is 10.8. The van der Waals surface area contributed by atoms with E-state index in [1.165, 1.54) is 12.1 Å². The Balaban J connectivity index is 1.32. The van der Waals surface area contributed by atoms with Gasteiger partial charge in [0.2, 0.25) is 0 Å². The van der Waals surface area contributed by atoms with Crippen LogP contribution in [0.2, 0.25) is 0 Å². The number of nitrogens with zero attached hydrogens (tertiary/aromatic N) is 2. The molecule has 0 radical (unpaired) electrons. The molecule has 2 aromatic rings. The number of anilines is 2. The largest absolute Gasteiger partial charge is 0.486 e. The fourth-order valence-electron chi connectivity index (χ4n) is 4.10. The van der Waals surface area contributed by atoms with Gasteiger partial charge in [0.1, 0.15) is 11.9 Å². The summed E-state index contributed by atoms with van der Waals surface area (Å²) in [5.41, 5.74) is 2.63. The third kappa shape index (κ3) is 5.03. The molecule has 1 saturated heterocycles. The molecule has 2 aliphatic rings. The Morgan fingerprint density at radius 1 is 1.07 bits per heavy atom. The van der Waals surface area contributed by atoms with Crippen molar-refractivity contribution in [3.05, 3.63) is 66.2 Å². The number of carbonyl (C=O) groups is 1. The number of likely N-dealkylation sites (N-methyl/N-ethyl adjacent to an activating group) is 1. The normalized spacial score (nSPS) is 21.1. The Bertz CT molecular complexity index is 874. The topological polar surface area (TPSA) is 44.8 Å². The average molecular weight is 406 g/mol. The van der Waals surface area contributed by atoms with Crippen LogP contribution in [0.1, 0.15) is 36.0 Å². The molecule has 0 saturated carbocycles. The summed E-state index contributed by atoms with van der Waals surface area (Å²) in [6.07, 6.45) is 8.95. The van der Waals surface area contributed by atoms with Gasteiger partial charge in [-0.2, -0.15) is 0 Å². The van der Waals surface area contributed by atoms with Crippen LogP contribution in [0.15, 0.2) is 60.7 Å². The molecule has 1 N–H and O–H groups in total. The maximum atomic E-state index is 12.6. The van der Waals surface area contributed by atoms with Gasteiger partial charge in [0.15, 0.2) is 0 Å². The predicted octanol–water partition coefficient (Wildman–Crippen LogP) is 4.57. The monoisotopic (exact) mass is 405 g/mol. The van der Waals surface area contributed by atoms with E-state index in [2.05, 4.69) is 53.5 Å². The third-order valence-corrected chi connectivity index (χ3v) is 6.00. The van der Waals surface area contributed by atoms with Crippen molar-refractivity contribution in [1.82, 2.24) is 4.90 Å². The maximum absolute atomic E-state index is 12.6. The molecule has 30 heavy (non-hydrogen) atoms. The summed E-state index contributed by atoms with van der Waals surface area (Å²) in [5.74, 6) is 0.690. The van der Waals surface area contributed by atoms with Gasteiger partial charge >= 0.3 is 0 Å². The summed E-state index contributed by atoms with van der Waals surface area (Å²) >= 11 is 0. The van der Waals surface area contributed by atoms with E-state index in [1.807, 2.05) is 36.4 Å². The van der Waals surface area contributed by atoms with Crippen LogP contribution >= 0.6 is 0 Å². The average Bonchev–Trinajstić information content (AvgIpc) is 3.26. The van der Waals surface area contributed by atoms with Crippen molar-refractivity contribution >= 4 is 17.3 Å². The Hall–Kier alpha value is -2.79. The van der Waals surface area contributed by atoms with Gasteiger partial charge < -0.3 is 19.9 Å². The van der Waals surface area contributed by atoms with Crippen LogP contribution in [0.4, 0.5) is 11.4 Å². The van der Waals surface area contributed by atoms with Gasteiger partial charge in [-0.3, -0.25) is 4.79 Å². The number of ether oxygens (including phenoxy) is 1. The van der Waals surface area contributed by atoms with E-state index >= 15 is 0 Å². The number of carbonyl (C=O) groups excluding carboxylic acids is 1. The van der Waals surface area contributed by atoms with E-state index in [0.717, 1.165) is 43.8 Å². The number of benzene rings is 2. The molecule has 1 fully saturated rings. The minimum absolute atomic E-state index is 0.110. The van der Waals surface area contributed by atoms with Crippen molar-refractivity contribution in [2.45, 2.75) is 37.8 Å². The molecule has 5 heteroatoms. The molecular weight excluding hydrogens is 374 g/mol. The van der Waals surface area contributed by atoms with Crippen molar-refractivity contribution in [2.24, 2.45) is 0 Å². The molecular formula is C25H31N3O2. The van der Waals surface area contributed by atoms with Crippen LogP contribution in [-0.2, 0) is 0 Å². The molecule has 2 unspecified atom stereocenters. The number of rotatable bonds is 6. The van der Waals surface area contributed by atoms with Crippen molar-refractivity contribution in [2.75, 3.05) is 37.4 Å². The summed E-state index contributed by atoms with van der Waals surface area (Å²) in [7, 11) is 4.27. The van der Waals surface area contributed by atoms with Gasteiger partial charge in [0, 0.05) is 36.1 Å². The van der Waals surface area contributed by atoms with E-state index in [9.17, 15) is 4.79 Å².